The van der Waals surface area contributed by atoms with Crippen LogP contribution >= 0.6 is 0 Å². The zero-order chi connectivity index (χ0) is 15.2. The van der Waals surface area contributed by atoms with Gasteiger partial charge in [-0.05, 0) is 32.0 Å². The molecule has 0 aliphatic rings. The Balaban J connectivity index is 2.89. The first-order valence-electron chi connectivity index (χ1n) is 6.73. The number of nitrogens with zero attached hydrogens (tertiary/aromatic N) is 1. The van der Waals surface area contributed by atoms with E-state index >= 15 is 0 Å². The molecule has 0 bridgehead atoms. The van der Waals surface area contributed by atoms with Crippen LogP contribution < -0.4 is 10.2 Å². The summed E-state index contributed by atoms with van der Waals surface area (Å²) in [6.07, 6.45) is 0.899. The zero-order valence-corrected chi connectivity index (χ0v) is 12.6. The number of esters is 1. The molecular weight excluding hydrogens is 259 g/mol. The number of ether oxygens (including phenoxy) is 1. The first kappa shape index (κ1) is 16.4. The predicted octanol–water partition coefficient (Wildman–Crippen LogP) is 2.19. The standard InChI is InChI=1S/C15H23FN2O2/c1-5-10-17-15(2,14(19)20-4)11-18(3)13-9-7-6-8-12(13)16/h6-9,17H,5,10-11H2,1-4H3. The van der Waals surface area contributed by atoms with E-state index in [0.717, 1.165) is 6.42 Å². The SMILES string of the molecule is CCCNC(C)(CN(C)c1ccccc1F)C(=O)OC. The van der Waals surface area contributed by atoms with Gasteiger partial charge in [-0.25, -0.2) is 9.18 Å². The van der Waals surface area contributed by atoms with Crippen LogP contribution in [0, 0.1) is 5.82 Å². The van der Waals surface area contributed by atoms with Crippen LogP contribution in [0.15, 0.2) is 24.3 Å². The Kier molecular flexibility index (Phi) is 5.95. The third kappa shape index (κ3) is 3.93. The number of likely N-dealkylation sites (N-methyl/N-ethyl adjacent to an activating group) is 1. The van der Waals surface area contributed by atoms with Gasteiger partial charge >= 0.3 is 5.97 Å². The molecule has 0 saturated heterocycles. The maximum Gasteiger partial charge on any atom is 0.327 e. The molecule has 0 heterocycles. The maximum atomic E-state index is 13.8. The molecule has 1 N–H and O–H groups in total. The maximum absolute atomic E-state index is 13.8. The van der Waals surface area contributed by atoms with Crippen molar-refractivity contribution in [2.75, 3.05) is 32.1 Å². The Labute approximate surface area is 119 Å². The molecule has 1 unspecified atom stereocenters. The lowest BCUT2D eigenvalue weighted by atomic mass is 10.0. The highest BCUT2D eigenvalue weighted by Crippen LogP contribution is 2.20. The lowest BCUT2D eigenvalue weighted by molar-refractivity contribution is -0.147. The number of anilines is 1. The quantitative estimate of drug-likeness (QED) is 0.778. The Morgan fingerprint density at radius 2 is 2.10 bits per heavy atom. The first-order chi connectivity index (χ1) is 9.44. The number of carbonyl (C=O) groups is 1. The second kappa shape index (κ2) is 7.24. The molecule has 0 amide bonds. The summed E-state index contributed by atoms with van der Waals surface area (Å²) in [4.78, 5) is 13.7. The summed E-state index contributed by atoms with van der Waals surface area (Å²) in [5.41, 5.74) is -0.414. The Bertz CT molecular complexity index is 453. The molecule has 0 aliphatic heterocycles. The molecule has 112 valence electrons. The van der Waals surface area contributed by atoms with Gasteiger partial charge in [-0.3, -0.25) is 0 Å². The zero-order valence-electron chi connectivity index (χ0n) is 12.6. The normalized spacial score (nSPS) is 13.7. The van der Waals surface area contributed by atoms with E-state index in [4.69, 9.17) is 4.74 Å². The number of nitrogens with one attached hydrogen (secondary N) is 1. The second-order valence-corrected chi connectivity index (χ2v) is 5.06. The van der Waals surface area contributed by atoms with Gasteiger partial charge in [-0.2, -0.15) is 0 Å². The van der Waals surface area contributed by atoms with Gasteiger partial charge < -0.3 is 15.0 Å². The number of hydrogen-bond acceptors (Lipinski definition) is 4. The number of benzene rings is 1. The highest BCUT2D eigenvalue weighted by molar-refractivity contribution is 5.81. The van der Waals surface area contributed by atoms with E-state index in [-0.39, 0.29) is 11.8 Å². The van der Waals surface area contributed by atoms with Crippen molar-refractivity contribution < 1.29 is 13.9 Å². The number of rotatable bonds is 7. The molecule has 1 aromatic rings. The van der Waals surface area contributed by atoms with Gasteiger partial charge in [0.25, 0.3) is 0 Å². The van der Waals surface area contributed by atoms with Crippen LogP contribution in [0.25, 0.3) is 0 Å². The molecule has 0 aliphatic carbocycles. The largest absolute Gasteiger partial charge is 0.468 e. The van der Waals surface area contributed by atoms with E-state index < -0.39 is 5.54 Å². The molecule has 4 nitrogen and oxygen atoms in total. The third-order valence-corrected chi connectivity index (χ3v) is 3.22. The van der Waals surface area contributed by atoms with Crippen LogP contribution in [0.2, 0.25) is 0 Å². The number of hydrogen-bond donors (Lipinski definition) is 1. The fourth-order valence-corrected chi connectivity index (χ4v) is 2.14. The van der Waals surface area contributed by atoms with Crippen molar-refractivity contribution in [1.29, 1.82) is 0 Å². The minimum Gasteiger partial charge on any atom is -0.468 e. The molecule has 0 aromatic heterocycles. The average Bonchev–Trinajstić information content (AvgIpc) is 2.44. The molecule has 1 aromatic carbocycles. The fourth-order valence-electron chi connectivity index (χ4n) is 2.14. The molecule has 0 fully saturated rings. The predicted molar refractivity (Wildman–Crippen MR) is 78.4 cm³/mol. The number of methoxy groups -OCH3 is 1. The van der Waals surface area contributed by atoms with E-state index in [1.165, 1.54) is 13.2 Å². The van der Waals surface area contributed by atoms with E-state index in [9.17, 15) is 9.18 Å². The van der Waals surface area contributed by atoms with Crippen LogP contribution in [-0.2, 0) is 9.53 Å². The summed E-state index contributed by atoms with van der Waals surface area (Å²) in [6, 6.07) is 6.50. The summed E-state index contributed by atoms with van der Waals surface area (Å²) in [5.74, 6) is -0.660. The lowest BCUT2D eigenvalue weighted by Crippen LogP contribution is -2.57. The highest BCUT2D eigenvalue weighted by atomic mass is 19.1. The van der Waals surface area contributed by atoms with Gasteiger partial charge in [0.1, 0.15) is 11.4 Å². The van der Waals surface area contributed by atoms with Crippen molar-refractivity contribution in [3.05, 3.63) is 30.1 Å². The van der Waals surface area contributed by atoms with Crippen LogP contribution in [0.3, 0.4) is 0 Å². The first-order valence-corrected chi connectivity index (χ1v) is 6.73. The minimum absolute atomic E-state index is 0.308. The van der Waals surface area contributed by atoms with E-state index in [1.807, 2.05) is 6.92 Å². The van der Waals surface area contributed by atoms with Gasteiger partial charge in [0.2, 0.25) is 0 Å². The molecule has 1 rings (SSSR count). The Hall–Kier alpha value is -1.62. The van der Waals surface area contributed by atoms with Crippen molar-refractivity contribution in [3.8, 4) is 0 Å². The Morgan fingerprint density at radius 1 is 1.45 bits per heavy atom. The van der Waals surface area contributed by atoms with Gasteiger partial charge in [0.05, 0.1) is 12.8 Å². The van der Waals surface area contributed by atoms with Gasteiger partial charge in [-0.15, -0.1) is 0 Å². The molecule has 0 radical (unpaired) electrons. The van der Waals surface area contributed by atoms with Crippen LogP contribution in [0.5, 0.6) is 0 Å². The summed E-state index contributed by atoms with van der Waals surface area (Å²) < 4.78 is 18.6. The van der Waals surface area contributed by atoms with Crippen LogP contribution in [0.1, 0.15) is 20.3 Å². The summed E-state index contributed by atoms with van der Waals surface area (Å²) in [7, 11) is 3.12. The van der Waals surface area contributed by atoms with Crippen LogP contribution in [-0.4, -0.2) is 38.8 Å². The minimum atomic E-state index is -0.873. The van der Waals surface area contributed by atoms with Crippen molar-refractivity contribution in [2.45, 2.75) is 25.8 Å². The molecule has 5 heteroatoms. The Morgan fingerprint density at radius 3 is 2.65 bits per heavy atom. The van der Waals surface area contributed by atoms with Gasteiger partial charge in [0, 0.05) is 13.6 Å². The summed E-state index contributed by atoms with van der Waals surface area (Å²) in [5, 5.41) is 3.18. The van der Waals surface area contributed by atoms with E-state index in [0.29, 0.717) is 18.8 Å². The molecule has 0 saturated carbocycles. The highest BCUT2D eigenvalue weighted by Gasteiger charge is 2.35. The molecular formula is C15H23FN2O2. The van der Waals surface area contributed by atoms with Crippen LogP contribution in [0.4, 0.5) is 10.1 Å². The topological polar surface area (TPSA) is 41.6 Å². The number of para-hydroxylation sites is 1. The van der Waals surface area contributed by atoms with Crippen molar-refractivity contribution >= 4 is 11.7 Å². The molecule has 1 atom stereocenters. The third-order valence-electron chi connectivity index (χ3n) is 3.22. The van der Waals surface area contributed by atoms with Crippen molar-refractivity contribution in [2.24, 2.45) is 0 Å². The van der Waals surface area contributed by atoms with Gasteiger partial charge in [0.15, 0.2) is 0 Å². The summed E-state index contributed by atoms with van der Waals surface area (Å²) in [6.45, 7) is 4.80. The number of carbonyl (C=O) groups excluding carboxylic acids is 1. The van der Waals surface area contributed by atoms with E-state index in [1.54, 1.807) is 37.1 Å². The van der Waals surface area contributed by atoms with Crippen molar-refractivity contribution in [1.82, 2.24) is 5.32 Å². The molecule has 20 heavy (non-hydrogen) atoms. The summed E-state index contributed by atoms with van der Waals surface area (Å²) >= 11 is 0. The number of halogens is 1. The van der Waals surface area contributed by atoms with Crippen molar-refractivity contribution in [3.63, 3.8) is 0 Å². The second-order valence-electron chi connectivity index (χ2n) is 5.06. The fraction of sp³-hybridized carbons (Fsp3) is 0.533. The average molecular weight is 282 g/mol. The van der Waals surface area contributed by atoms with E-state index in [2.05, 4.69) is 5.32 Å². The monoisotopic (exact) mass is 282 g/mol. The molecule has 0 spiro atoms. The smallest absolute Gasteiger partial charge is 0.327 e. The lowest BCUT2D eigenvalue weighted by Gasteiger charge is -2.33. The van der Waals surface area contributed by atoms with Gasteiger partial charge in [-0.1, -0.05) is 19.1 Å².